The van der Waals surface area contributed by atoms with Crippen LogP contribution in [0.2, 0.25) is 0 Å². The summed E-state index contributed by atoms with van der Waals surface area (Å²) in [4.78, 5) is 0.0690. The zero-order chi connectivity index (χ0) is 14.6. The number of nitrogens with one attached hydrogen (secondary N) is 1. The van der Waals surface area contributed by atoms with Gasteiger partial charge in [0.1, 0.15) is 0 Å². The van der Waals surface area contributed by atoms with Crippen LogP contribution in [0.5, 0.6) is 0 Å². The van der Waals surface area contributed by atoms with Gasteiger partial charge in [0, 0.05) is 12.5 Å². The van der Waals surface area contributed by atoms with Gasteiger partial charge in [-0.1, -0.05) is 19.9 Å². The molecule has 0 bridgehead atoms. The zero-order valence-electron chi connectivity index (χ0n) is 10.7. The van der Waals surface area contributed by atoms with E-state index in [1.165, 1.54) is 18.2 Å². The molecule has 0 radical (unpaired) electrons. The quantitative estimate of drug-likeness (QED) is 0.678. The lowest BCUT2D eigenvalue weighted by atomic mass is 9.89. The second kappa shape index (κ2) is 6.47. The van der Waals surface area contributed by atoms with Crippen molar-refractivity contribution in [2.75, 3.05) is 13.2 Å². The van der Waals surface area contributed by atoms with Gasteiger partial charge in [-0.25, -0.2) is 13.1 Å². The number of hydrogen-bond donors (Lipinski definition) is 2. The third kappa shape index (κ3) is 3.75. The molecule has 1 atom stereocenters. The van der Waals surface area contributed by atoms with Crippen molar-refractivity contribution in [3.8, 4) is 0 Å². The maximum absolute atomic E-state index is 12.1. The normalized spacial score (nSPS) is 19.7. The van der Waals surface area contributed by atoms with E-state index in [2.05, 4.69) is 4.72 Å². The maximum Gasteiger partial charge on any atom is 0.237 e. The largest absolute Gasteiger partial charge is 0.395 e. The molecule has 0 aromatic heterocycles. The first-order chi connectivity index (χ1) is 8.81. The summed E-state index contributed by atoms with van der Waals surface area (Å²) in [6.07, 6.45) is 4.19. The van der Waals surface area contributed by atoms with Crippen LogP contribution in [-0.4, -0.2) is 40.0 Å². The van der Waals surface area contributed by atoms with Crippen molar-refractivity contribution in [1.82, 2.24) is 4.72 Å². The fraction of sp³-hybridized carbons (Fsp3) is 0.545. The predicted octanol–water partition coefficient (Wildman–Crippen LogP) is -0.324. The molecule has 8 heteroatoms. The highest BCUT2D eigenvalue weighted by atomic mass is 32.2. The minimum Gasteiger partial charge on any atom is -0.395 e. The fourth-order valence-corrected chi connectivity index (χ4v) is 4.31. The topological polar surface area (TPSA) is 101 Å². The van der Waals surface area contributed by atoms with Crippen molar-refractivity contribution in [2.24, 2.45) is 11.8 Å². The molecule has 0 spiro atoms. The molecule has 0 amide bonds. The number of hydrogen-bond acceptors (Lipinski definition) is 5. The SMILES string of the molecule is CC(C)C1C(S(=O)(=O)NCCO)=CC=CC1=S(=O)=O. The second-order valence-electron chi connectivity index (χ2n) is 4.41. The fourth-order valence-electron chi connectivity index (χ4n) is 1.92. The molecule has 1 aliphatic rings. The minimum atomic E-state index is -3.80. The Labute approximate surface area is 114 Å². The van der Waals surface area contributed by atoms with Crippen LogP contribution < -0.4 is 4.72 Å². The van der Waals surface area contributed by atoms with Gasteiger partial charge >= 0.3 is 0 Å². The van der Waals surface area contributed by atoms with E-state index >= 15 is 0 Å². The maximum atomic E-state index is 12.1. The zero-order valence-corrected chi connectivity index (χ0v) is 12.3. The first-order valence-electron chi connectivity index (χ1n) is 5.76. The van der Waals surface area contributed by atoms with Gasteiger partial charge in [-0.2, -0.15) is 8.42 Å². The van der Waals surface area contributed by atoms with Crippen molar-refractivity contribution in [2.45, 2.75) is 13.8 Å². The Kier molecular flexibility index (Phi) is 5.48. The Morgan fingerprint density at radius 2 is 2.05 bits per heavy atom. The molecule has 2 N–H and O–H groups in total. The highest BCUT2D eigenvalue weighted by molar-refractivity contribution is 7.93. The van der Waals surface area contributed by atoms with Crippen LogP contribution in [0, 0.1) is 11.8 Å². The Morgan fingerprint density at radius 3 is 2.53 bits per heavy atom. The first-order valence-corrected chi connectivity index (χ1v) is 8.32. The van der Waals surface area contributed by atoms with Crippen LogP contribution >= 0.6 is 0 Å². The van der Waals surface area contributed by atoms with Crippen molar-refractivity contribution in [3.63, 3.8) is 0 Å². The molecule has 1 aliphatic carbocycles. The second-order valence-corrected chi connectivity index (χ2v) is 7.12. The predicted molar refractivity (Wildman–Crippen MR) is 73.5 cm³/mol. The van der Waals surface area contributed by atoms with Crippen molar-refractivity contribution in [1.29, 1.82) is 0 Å². The van der Waals surface area contributed by atoms with Crippen molar-refractivity contribution in [3.05, 3.63) is 23.1 Å². The standard InChI is InChI=1S/C11H17NO5S2/c1-8(2)11-9(18(14)15)4-3-5-10(11)19(16,17)12-6-7-13/h3-5,8,11-13H,6-7H2,1-2H3. The summed E-state index contributed by atoms with van der Waals surface area (Å²) < 4.78 is 48.8. The van der Waals surface area contributed by atoms with Crippen molar-refractivity contribution >= 4 is 25.2 Å². The summed E-state index contributed by atoms with van der Waals surface area (Å²) in [5, 5.41) is 8.68. The van der Waals surface area contributed by atoms with E-state index in [9.17, 15) is 16.8 Å². The Balaban J connectivity index is 3.30. The third-order valence-corrected chi connectivity index (χ3v) is 5.08. The summed E-state index contributed by atoms with van der Waals surface area (Å²) in [5.41, 5.74) is 0. The summed E-state index contributed by atoms with van der Waals surface area (Å²) in [5.74, 6) is -0.894. The molecule has 0 aromatic rings. The van der Waals surface area contributed by atoms with Crippen molar-refractivity contribution < 1.29 is 21.9 Å². The van der Waals surface area contributed by atoms with Gasteiger partial charge in [-0.05, 0) is 18.1 Å². The lowest BCUT2D eigenvalue weighted by molar-refractivity contribution is 0.301. The minimum absolute atomic E-state index is 0.0117. The van der Waals surface area contributed by atoms with Crippen LogP contribution in [0.25, 0.3) is 0 Å². The Hall–Kier alpha value is -0.960. The van der Waals surface area contributed by atoms with E-state index in [-0.39, 0.29) is 28.8 Å². The van der Waals surface area contributed by atoms with Crippen LogP contribution in [0.1, 0.15) is 13.8 Å². The molecule has 0 fully saturated rings. The van der Waals surface area contributed by atoms with Crippen LogP contribution in [0.4, 0.5) is 0 Å². The first kappa shape index (κ1) is 16.1. The lowest BCUT2D eigenvalue weighted by Crippen LogP contribution is -2.35. The van der Waals surface area contributed by atoms with E-state index in [4.69, 9.17) is 5.11 Å². The summed E-state index contributed by atoms with van der Waals surface area (Å²) in [7, 11) is -6.27. The van der Waals surface area contributed by atoms with Gasteiger partial charge in [0.25, 0.3) is 0 Å². The summed E-state index contributed by atoms with van der Waals surface area (Å²) in [6, 6.07) is 0. The molecule has 0 saturated heterocycles. The number of aliphatic hydroxyl groups is 1. The Morgan fingerprint density at radius 1 is 1.42 bits per heavy atom. The smallest absolute Gasteiger partial charge is 0.237 e. The van der Waals surface area contributed by atoms with Crippen LogP contribution in [0.15, 0.2) is 23.1 Å². The molecule has 1 rings (SSSR count). The van der Waals surface area contributed by atoms with Gasteiger partial charge in [-0.15, -0.1) is 0 Å². The van der Waals surface area contributed by atoms with Gasteiger partial charge in [0.2, 0.25) is 20.3 Å². The number of sulfonamides is 1. The molecule has 1 unspecified atom stereocenters. The molecule has 0 heterocycles. The average Bonchev–Trinajstić information content (AvgIpc) is 2.35. The highest BCUT2D eigenvalue weighted by Crippen LogP contribution is 2.29. The molecular formula is C11H17NO5S2. The monoisotopic (exact) mass is 307 g/mol. The number of rotatable bonds is 5. The summed E-state index contributed by atoms with van der Waals surface area (Å²) >= 11 is 0. The number of aliphatic hydroxyl groups excluding tert-OH is 1. The summed E-state index contributed by atoms with van der Waals surface area (Å²) in [6.45, 7) is 3.08. The van der Waals surface area contributed by atoms with Crippen LogP contribution in [-0.2, 0) is 20.3 Å². The van der Waals surface area contributed by atoms with E-state index in [0.717, 1.165) is 0 Å². The van der Waals surface area contributed by atoms with E-state index in [1.807, 2.05) is 0 Å². The van der Waals surface area contributed by atoms with E-state index < -0.39 is 26.2 Å². The van der Waals surface area contributed by atoms with Gasteiger partial charge in [0.05, 0.1) is 16.4 Å². The number of allylic oxidation sites excluding steroid dienone is 4. The molecule has 0 aromatic carbocycles. The van der Waals surface area contributed by atoms with Gasteiger partial charge < -0.3 is 5.11 Å². The average molecular weight is 307 g/mol. The molecule has 0 saturated carbocycles. The third-order valence-electron chi connectivity index (χ3n) is 2.71. The van der Waals surface area contributed by atoms with E-state index in [0.29, 0.717) is 0 Å². The van der Waals surface area contributed by atoms with Crippen LogP contribution in [0.3, 0.4) is 0 Å². The molecule has 6 nitrogen and oxygen atoms in total. The molecular weight excluding hydrogens is 290 g/mol. The van der Waals surface area contributed by atoms with E-state index in [1.54, 1.807) is 13.8 Å². The van der Waals surface area contributed by atoms with Gasteiger partial charge in [0.15, 0.2) is 0 Å². The molecule has 19 heavy (non-hydrogen) atoms. The Bertz CT molecular complexity index is 618. The lowest BCUT2D eigenvalue weighted by Gasteiger charge is -2.25. The highest BCUT2D eigenvalue weighted by Gasteiger charge is 2.33. The molecule has 108 valence electrons. The molecule has 0 aliphatic heterocycles. The van der Waals surface area contributed by atoms with Gasteiger partial charge in [-0.3, -0.25) is 0 Å².